The Hall–Kier alpha value is -2.63. The van der Waals surface area contributed by atoms with Gasteiger partial charge in [-0.25, -0.2) is 15.0 Å². The van der Waals surface area contributed by atoms with Gasteiger partial charge in [0.1, 0.15) is 22.9 Å². The molecule has 0 aromatic carbocycles. The van der Waals surface area contributed by atoms with E-state index in [1.54, 1.807) is 25.6 Å². The van der Waals surface area contributed by atoms with Crippen molar-refractivity contribution in [3.63, 3.8) is 0 Å². The second kappa shape index (κ2) is 3.99. The molecule has 2 N–H and O–H groups in total. The molecule has 3 aromatic heterocycles. The van der Waals surface area contributed by atoms with Gasteiger partial charge in [-0.05, 0) is 12.1 Å². The average Bonchev–Trinajstić information content (AvgIpc) is 2.81. The van der Waals surface area contributed by atoms with Crippen molar-refractivity contribution < 1.29 is 4.74 Å². The van der Waals surface area contributed by atoms with Gasteiger partial charge in [0.2, 0.25) is 0 Å². The lowest BCUT2D eigenvalue weighted by Crippen LogP contribution is -1.97. The zero-order valence-electron chi connectivity index (χ0n) is 9.74. The van der Waals surface area contributed by atoms with Gasteiger partial charge < -0.3 is 10.5 Å². The lowest BCUT2D eigenvalue weighted by atomic mass is 10.4. The molecule has 0 aliphatic carbocycles. The number of rotatable bonds is 2. The van der Waals surface area contributed by atoms with Gasteiger partial charge in [-0.1, -0.05) is 0 Å². The van der Waals surface area contributed by atoms with E-state index in [1.165, 1.54) is 0 Å². The molecule has 0 saturated carbocycles. The normalized spacial score (nSPS) is 10.7. The fourth-order valence-corrected chi connectivity index (χ4v) is 1.75. The molecule has 0 bridgehead atoms. The molecule has 0 radical (unpaired) electrons. The molecular weight excluding hydrogens is 230 g/mol. The molecule has 3 aromatic rings. The fourth-order valence-electron chi connectivity index (χ4n) is 1.75. The van der Waals surface area contributed by atoms with Crippen molar-refractivity contribution >= 4 is 11.5 Å². The second-order valence-electron chi connectivity index (χ2n) is 3.74. The van der Waals surface area contributed by atoms with Crippen molar-refractivity contribution in [3.8, 4) is 17.3 Å². The summed E-state index contributed by atoms with van der Waals surface area (Å²) < 4.78 is 7.04. The van der Waals surface area contributed by atoms with Gasteiger partial charge in [0.15, 0.2) is 5.82 Å². The quantitative estimate of drug-likeness (QED) is 0.733. The highest BCUT2D eigenvalue weighted by atomic mass is 16.5. The maximum atomic E-state index is 5.65. The number of nitrogen functional groups attached to an aromatic ring is 1. The Labute approximate surface area is 103 Å². The Kier molecular flexibility index (Phi) is 2.33. The van der Waals surface area contributed by atoms with Crippen molar-refractivity contribution in [3.05, 3.63) is 36.8 Å². The third kappa shape index (κ3) is 1.64. The molecule has 0 aliphatic heterocycles. The summed E-state index contributed by atoms with van der Waals surface area (Å²) in [5.74, 6) is 1.74. The molecule has 18 heavy (non-hydrogen) atoms. The van der Waals surface area contributed by atoms with Crippen LogP contribution in [0.25, 0.3) is 17.2 Å². The van der Waals surface area contributed by atoms with E-state index in [9.17, 15) is 0 Å². The van der Waals surface area contributed by atoms with E-state index in [0.29, 0.717) is 11.6 Å². The van der Waals surface area contributed by atoms with Crippen LogP contribution in [0.15, 0.2) is 36.8 Å². The largest absolute Gasteiger partial charge is 0.497 e. The highest BCUT2D eigenvalue weighted by Crippen LogP contribution is 2.20. The maximum Gasteiger partial charge on any atom is 0.180 e. The first-order valence-corrected chi connectivity index (χ1v) is 5.38. The van der Waals surface area contributed by atoms with E-state index >= 15 is 0 Å². The molecule has 90 valence electrons. The Morgan fingerprint density at radius 3 is 2.94 bits per heavy atom. The molecule has 6 nitrogen and oxygen atoms in total. The Bertz CT molecular complexity index is 707. The molecule has 0 spiro atoms. The number of fused-ring (bicyclic) bond motifs is 1. The standard InChI is InChI=1S/C12H11N5O/c1-18-8-3-5-17-9(7-15-11(17)6-8)12-14-4-2-10(13)16-12/h2-7H,1H3,(H2,13,14,16). The van der Waals surface area contributed by atoms with E-state index in [0.717, 1.165) is 17.1 Å². The topological polar surface area (TPSA) is 78.3 Å². The Morgan fingerprint density at radius 1 is 1.28 bits per heavy atom. The van der Waals surface area contributed by atoms with E-state index in [4.69, 9.17) is 10.5 Å². The van der Waals surface area contributed by atoms with Crippen LogP contribution in [0.4, 0.5) is 5.82 Å². The van der Waals surface area contributed by atoms with E-state index in [1.807, 2.05) is 22.7 Å². The highest BCUT2D eigenvalue weighted by Gasteiger charge is 2.09. The number of methoxy groups -OCH3 is 1. The minimum atomic E-state index is 0.434. The summed E-state index contributed by atoms with van der Waals surface area (Å²) in [6.07, 6.45) is 5.20. The number of pyridine rings is 1. The average molecular weight is 241 g/mol. The third-order valence-electron chi connectivity index (χ3n) is 2.63. The first-order chi connectivity index (χ1) is 8.78. The highest BCUT2D eigenvalue weighted by molar-refractivity contribution is 5.59. The number of ether oxygens (including phenoxy) is 1. The van der Waals surface area contributed by atoms with Gasteiger partial charge in [0.05, 0.1) is 13.3 Å². The molecule has 0 fully saturated rings. The Balaban J connectivity index is 2.18. The van der Waals surface area contributed by atoms with Gasteiger partial charge in [0.25, 0.3) is 0 Å². The van der Waals surface area contributed by atoms with Gasteiger partial charge in [-0.15, -0.1) is 0 Å². The number of nitrogens with two attached hydrogens (primary N) is 1. The minimum absolute atomic E-state index is 0.434. The number of aromatic nitrogens is 4. The van der Waals surface area contributed by atoms with Gasteiger partial charge in [-0.2, -0.15) is 0 Å². The van der Waals surface area contributed by atoms with Crippen LogP contribution in [0, 0.1) is 0 Å². The van der Waals surface area contributed by atoms with Crippen LogP contribution in [0.1, 0.15) is 0 Å². The molecule has 0 amide bonds. The first-order valence-electron chi connectivity index (χ1n) is 5.38. The van der Waals surface area contributed by atoms with Crippen molar-refractivity contribution in [1.82, 2.24) is 19.4 Å². The Morgan fingerprint density at radius 2 is 2.17 bits per heavy atom. The molecule has 0 aliphatic rings. The van der Waals surface area contributed by atoms with Gasteiger partial charge in [0, 0.05) is 18.5 Å². The summed E-state index contributed by atoms with van der Waals surface area (Å²) in [5, 5.41) is 0. The summed E-state index contributed by atoms with van der Waals surface area (Å²) in [7, 11) is 1.62. The zero-order chi connectivity index (χ0) is 12.5. The number of nitrogens with zero attached hydrogens (tertiary/aromatic N) is 4. The fraction of sp³-hybridized carbons (Fsp3) is 0.0833. The predicted molar refractivity (Wildman–Crippen MR) is 67.2 cm³/mol. The number of imidazole rings is 1. The van der Waals surface area contributed by atoms with E-state index in [2.05, 4.69) is 15.0 Å². The third-order valence-corrected chi connectivity index (χ3v) is 2.63. The SMILES string of the molecule is COc1ccn2c(-c3nccc(N)n3)cnc2c1. The van der Waals surface area contributed by atoms with Crippen molar-refractivity contribution in [1.29, 1.82) is 0 Å². The van der Waals surface area contributed by atoms with Crippen LogP contribution in [0.3, 0.4) is 0 Å². The predicted octanol–water partition coefficient (Wildman–Crippen LogP) is 1.38. The molecule has 0 unspecified atom stereocenters. The summed E-state index contributed by atoms with van der Waals surface area (Å²) in [4.78, 5) is 12.7. The van der Waals surface area contributed by atoms with E-state index in [-0.39, 0.29) is 0 Å². The van der Waals surface area contributed by atoms with Gasteiger partial charge >= 0.3 is 0 Å². The lowest BCUT2D eigenvalue weighted by Gasteiger charge is -2.03. The summed E-state index contributed by atoms with van der Waals surface area (Å²) in [5.41, 5.74) is 7.22. The monoisotopic (exact) mass is 241 g/mol. The van der Waals surface area contributed by atoms with Crippen LogP contribution in [-0.2, 0) is 0 Å². The summed E-state index contributed by atoms with van der Waals surface area (Å²) in [6.45, 7) is 0. The van der Waals surface area contributed by atoms with Crippen molar-refractivity contribution in [2.24, 2.45) is 0 Å². The lowest BCUT2D eigenvalue weighted by molar-refractivity contribution is 0.414. The number of hydrogen-bond donors (Lipinski definition) is 1. The first kappa shape index (κ1) is 10.5. The number of hydrogen-bond acceptors (Lipinski definition) is 5. The van der Waals surface area contributed by atoms with Crippen LogP contribution < -0.4 is 10.5 Å². The summed E-state index contributed by atoms with van der Waals surface area (Å²) >= 11 is 0. The summed E-state index contributed by atoms with van der Waals surface area (Å²) in [6, 6.07) is 5.34. The molecule has 3 rings (SSSR count). The molecule has 6 heteroatoms. The smallest absolute Gasteiger partial charge is 0.180 e. The molecular formula is C12H11N5O. The maximum absolute atomic E-state index is 5.65. The minimum Gasteiger partial charge on any atom is -0.497 e. The van der Waals surface area contributed by atoms with Crippen molar-refractivity contribution in [2.75, 3.05) is 12.8 Å². The number of anilines is 1. The van der Waals surface area contributed by atoms with Crippen molar-refractivity contribution in [2.45, 2.75) is 0 Å². The van der Waals surface area contributed by atoms with Crippen LogP contribution in [-0.4, -0.2) is 26.5 Å². The van der Waals surface area contributed by atoms with E-state index < -0.39 is 0 Å². The van der Waals surface area contributed by atoms with Crippen LogP contribution in [0.5, 0.6) is 5.75 Å². The molecule has 3 heterocycles. The second-order valence-corrected chi connectivity index (χ2v) is 3.74. The zero-order valence-corrected chi connectivity index (χ0v) is 9.74. The van der Waals surface area contributed by atoms with Gasteiger partial charge in [-0.3, -0.25) is 4.40 Å². The van der Waals surface area contributed by atoms with Crippen LogP contribution in [0.2, 0.25) is 0 Å². The van der Waals surface area contributed by atoms with Crippen LogP contribution >= 0.6 is 0 Å². The molecule has 0 atom stereocenters. The molecule has 0 saturated heterocycles.